The summed E-state index contributed by atoms with van der Waals surface area (Å²) in [5, 5.41) is 13.3. The Bertz CT molecular complexity index is 1770. The second-order valence-corrected chi connectivity index (χ2v) is 12.2. The number of carbonyl (C=O) groups is 4. The molecule has 0 aliphatic carbocycles. The first-order chi connectivity index (χ1) is 22.8. The number of benzene rings is 3. The molecule has 0 fully saturated rings. The lowest BCUT2D eigenvalue weighted by Gasteiger charge is -2.31. The highest BCUT2D eigenvalue weighted by atomic mass is 19.1. The molecule has 0 saturated carbocycles. The van der Waals surface area contributed by atoms with E-state index < -0.39 is 53.2 Å². The average Bonchev–Trinajstić information content (AvgIpc) is 3.04. The number of para-hydroxylation sites is 2. The summed E-state index contributed by atoms with van der Waals surface area (Å²) < 4.78 is 25.5. The third-order valence-corrected chi connectivity index (χ3v) is 7.74. The van der Waals surface area contributed by atoms with Crippen LogP contribution >= 0.6 is 0 Å². The van der Waals surface area contributed by atoms with Gasteiger partial charge in [-0.3, -0.25) is 19.4 Å². The van der Waals surface area contributed by atoms with E-state index in [1.807, 2.05) is 0 Å². The van der Waals surface area contributed by atoms with Crippen molar-refractivity contribution in [2.24, 2.45) is 11.7 Å². The Kier molecular flexibility index (Phi) is 11.9. The van der Waals surface area contributed by atoms with Crippen LogP contribution in [0.2, 0.25) is 0 Å². The zero-order valence-corrected chi connectivity index (χ0v) is 27.0. The number of fused-ring (bicyclic) bond motifs is 1. The van der Waals surface area contributed by atoms with E-state index in [0.717, 1.165) is 0 Å². The first kappa shape index (κ1) is 35.6. The van der Waals surface area contributed by atoms with Crippen LogP contribution < -0.4 is 11.1 Å². The van der Waals surface area contributed by atoms with Crippen molar-refractivity contribution in [3.8, 4) is 0 Å². The molecular formula is C36H39FN4O7. The van der Waals surface area contributed by atoms with E-state index in [9.17, 15) is 28.7 Å². The summed E-state index contributed by atoms with van der Waals surface area (Å²) in [5.41, 5.74) is 6.71. The number of hydrogen-bond donors (Lipinski definition) is 3. The molecule has 0 bridgehead atoms. The van der Waals surface area contributed by atoms with Crippen LogP contribution in [-0.4, -0.2) is 56.6 Å². The molecule has 0 aliphatic heterocycles. The van der Waals surface area contributed by atoms with Crippen molar-refractivity contribution in [1.29, 1.82) is 0 Å². The van der Waals surface area contributed by atoms with Gasteiger partial charge in [0.2, 0.25) is 5.91 Å². The number of nitrogens with one attached hydrogen (secondary N) is 1. The monoisotopic (exact) mass is 658 g/mol. The Labute approximate surface area is 277 Å². The summed E-state index contributed by atoms with van der Waals surface area (Å²) in [4.78, 5) is 60.4. The van der Waals surface area contributed by atoms with Gasteiger partial charge in [0.15, 0.2) is 0 Å². The molecule has 1 heterocycles. The summed E-state index contributed by atoms with van der Waals surface area (Å²) in [7, 11) is 0. The fourth-order valence-corrected chi connectivity index (χ4v) is 5.21. The van der Waals surface area contributed by atoms with Crippen molar-refractivity contribution >= 4 is 34.8 Å². The maximum atomic E-state index is 14.3. The number of amides is 2. The number of ether oxygens (including phenoxy) is 2. The third-order valence-electron chi connectivity index (χ3n) is 7.74. The van der Waals surface area contributed by atoms with E-state index in [1.165, 1.54) is 37.4 Å². The molecule has 2 unspecified atom stereocenters. The Morgan fingerprint density at radius 1 is 1.00 bits per heavy atom. The van der Waals surface area contributed by atoms with E-state index in [1.54, 1.807) is 62.4 Å². The van der Waals surface area contributed by atoms with Crippen LogP contribution in [0.4, 0.5) is 4.39 Å². The van der Waals surface area contributed by atoms with Gasteiger partial charge in [-0.1, -0.05) is 42.5 Å². The van der Waals surface area contributed by atoms with Gasteiger partial charge in [0, 0.05) is 18.4 Å². The molecule has 2 amide bonds. The maximum Gasteiger partial charge on any atom is 0.338 e. The predicted molar refractivity (Wildman–Crippen MR) is 175 cm³/mol. The molecular weight excluding hydrogens is 619 g/mol. The molecule has 4 aromatic rings. The van der Waals surface area contributed by atoms with Gasteiger partial charge >= 0.3 is 11.9 Å². The lowest BCUT2D eigenvalue weighted by atomic mass is 9.87. The molecule has 3 aromatic carbocycles. The van der Waals surface area contributed by atoms with Crippen molar-refractivity contribution in [3.63, 3.8) is 0 Å². The van der Waals surface area contributed by atoms with E-state index >= 15 is 0 Å². The number of hydrogen-bond acceptors (Lipinski definition) is 9. The molecule has 0 saturated heterocycles. The zero-order chi connectivity index (χ0) is 34.8. The van der Waals surface area contributed by atoms with Crippen molar-refractivity contribution < 1.29 is 38.1 Å². The van der Waals surface area contributed by atoms with Gasteiger partial charge in [-0.25, -0.2) is 14.2 Å². The number of esters is 2. The largest absolute Gasteiger partial charge is 0.461 e. The van der Waals surface area contributed by atoms with Crippen LogP contribution in [-0.2, 0) is 32.1 Å². The van der Waals surface area contributed by atoms with Crippen LogP contribution in [0.15, 0.2) is 79.0 Å². The number of nitrogens with two attached hydrogens (primary N) is 1. The number of nitrogens with zero attached hydrogens (tertiary/aromatic N) is 2. The standard InChI is InChI=1S/C36H39FN4O7/c1-22(42)47-21-25-10-4-5-12-27(25)35(45)48-32(19-24(33(38)43)15-16-36(2,3)46)30(18-23-9-8-11-26(37)17-23)41-34(44)31-20-39-28-13-6-7-14-29(28)40-31/h4-14,17,20,24,30,32,46H,15-16,18-19,21H2,1-3H3,(H2,38,43)(H,41,44)/t24?,30-,32?/m0/s1. The fourth-order valence-electron chi connectivity index (χ4n) is 5.21. The highest BCUT2D eigenvalue weighted by Crippen LogP contribution is 2.25. The van der Waals surface area contributed by atoms with Crippen LogP contribution in [0.1, 0.15) is 72.0 Å². The molecule has 1 aromatic heterocycles. The van der Waals surface area contributed by atoms with E-state index in [-0.39, 0.29) is 43.5 Å². The van der Waals surface area contributed by atoms with Gasteiger partial charge in [0.05, 0.1) is 34.4 Å². The van der Waals surface area contributed by atoms with Gasteiger partial charge in [-0.2, -0.15) is 0 Å². The SMILES string of the molecule is CC(=O)OCc1ccccc1C(=O)OC(CC(CCC(C)(C)O)C(N)=O)[C@H](Cc1cccc(F)c1)NC(=O)c1cnc2ccccc2n1. The number of aromatic nitrogens is 2. The summed E-state index contributed by atoms with van der Waals surface area (Å²) in [6.07, 6.45) is 0.367. The lowest BCUT2D eigenvalue weighted by molar-refractivity contribution is -0.142. The summed E-state index contributed by atoms with van der Waals surface area (Å²) >= 11 is 0. The summed E-state index contributed by atoms with van der Waals surface area (Å²) in [6, 6.07) is 18.1. The van der Waals surface area contributed by atoms with E-state index in [4.69, 9.17) is 15.2 Å². The Morgan fingerprint density at radius 2 is 1.71 bits per heavy atom. The Balaban J connectivity index is 1.74. The number of halogens is 1. The molecule has 0 aliphatic rings. The number of rotatable bonds is 15. The molecule has 252 valence electrons. The second kappa shape index (κ2) is 16.1. The number of carbonyl (C=O) groups excluding carboxylic acids is 4. The normalized spacial score (nSPS) is 13.3. The third kappa shape index (κ3) is 10.4. The Hall–Kier alpha value is -5.23. The van der Waals surface area contributed by atoms with Crippen molar-refractivity contribution in [1.82, 2.24) is 15.3 Å². The molecule has 4 N–H and O–H groups in total. The molecule has 3 atom stereocenters. The van der Waals surface area contributed by atoms with Crippen LogP contribution in [0, 0.1) is 11.7 Å². The molecule has 4 rings (SSSR count). The highest BCUT2D eigenvalue weighted by molar-refractivity contribution is 5.94. The molecule has 48 heavy (non-hydrogen) atoms. The Morgan fingerprint density at radius 3 is 2.40 bits per heavy atom. The highest BCUT2D eigenvalue weighted by Gasteiger charge is 2.34. The van der Waals surface area contributed by atoms with Crippen molar-refractivity contribution in [2.75, 3.05) is 0 Å². The van der Waals surface area contributed by atoms with Crippen LogP contribution in [0.3, 0.4) is 0 Å². The summed E-state index contributed by atoms with van der Waals surface area (Å²) in [5.74, 6) is -4.06. The minimum absolute atomic E-state index is 0.00543. The summed E-state index contributed by atoms with van der Waals surface area (Å²) in [6.45, 7) is 4.25. The van der Waals surface area contributed by atoms with Gasteiger partial charge in [0.1, 0.15) is 24.2 Å². The molecule has 11 nitrogen and oxygen atoms in total. The molecule has 0 spiro atoms. The van der Waals surface area contributed by atoms with Crippen molar-refractivity contribution in [2.45, 2.75) is 70.8 Å². The van der Waals surface area contributed by atoms with Gasteiger partial charge in [0.25, 0.3) is 5.91 Å². The van der Waals surface area contributed by atoms with Gasteiger partial charge in [-0.15, -0.1) is 0 Å². The van der Waals surface area contributed by atoms with Crippen molar-refractivity contribution in [3.05, 3.63) is 107 Å². The number of primary amides is 1. The first-order valence-corrected chi connectivity index (χ1v) is 15.5. The average molecular weight is 659 g/mol. The molecule has 0 radical (unpaired) electrons. The van der Waals surface area contributed by atoms with Crippen LogP contribution in [0.25, 0.3) is 11.0 Å². The number of aliphatic hydroxyl groups is 1. The van der Waals surface area contributed by atoms with Gasteiger partial charge in [-0.05, 0) is 75.4 Å². The van der Waals surface area contributed by atoms with E-state index in [0.29, 0.717) is 22.2 Å². The smallest absolute Gasteiger partial charge is 0.338 e. The van der Waals surface area contributed by atoms with Crippen LogP contribution in [0.5, 0.6) is 0 Å². The predicted octanol–water partition coefficient (Wildman–Crippen LogP) is 4.44. The fraction of sp³-hybridized carbons (Fsp3) is 0.333. The molecule has 12 heteroatoms. The van der Waals surface area contributed by atoms with E-state index in [2.05, 4.69) is 15.3 Å². The zero-order valence-electron chi connectivity index (χ0n) is 27.0. The minimum atomic E-state index is -1.18. The maximum absolute atomic E-state index is 14.3. The minimum Gasteiger partial charge on any atom is -0.461 e. The second-order valence-electron chi connectivity index (χ2n) is 12.2. The first-order valence-electron chi connectivity index (χ1n) is 15.5. The topological polar surface area (TPSA) is 171 Å². The lowest BCUT2D eigenvalue weighted by Crippen LogP contribution is -2.48. The van der Waals surface area contributed by atoms with Gasteiger partial charge < -0.3 is 25.6 Å². The quantitative estimate of drug-likeness (QED) is 0.156.